The average Bonchev–Trinajstić information content (AvgIpc) is 3.09. The van der Waals surface area contributed by atoms with Crippen LogP contribution in [0.25, 0.3) is 0 Å². The zero-order valence-electron chi connectivity index (χ0n) is 14.9. The number of anilines is 1. The summed E-state index contributed by atoms with van der Waals surface area (Å²) in [6, 6.07) is 5.62. The smallest absolute Gasteiger partial charge is 0.228 e. The molecule has 0 radical (unpaired) electrons. The first-order chi connectivity index (χ1) is 11.7. The molecular formula is C18H24N2O4S. The maximum Gasteiger partial charge on any atom is 0.228 e. The molecule has 1 aromatic rings. The third kappa shape index (κ3) is 3.56. The molecular weight excluding hydrogens is 340 g/mol. The predicted molar refractivity (Wildman–Crippen MR) is 96.2 cm³/mol. The molecule has 0 N–H and O–H groups in total. The minimum atomic E-state index is -3.04. The Kier molecular flexibility index (Phi) is 4.62. The number of sulfone groups is 1. The Hall–Kier alpha value is -1.89. The zero-order chi connectivity index (χ0) is 18.4. The van der Waals surface area contributed by atoms with Gasteiger partial charge < -0.3 is 9.80 Å². The van der Waals surface area contributed by atoms with Crippen molar-refractivity contribution < 1.29 is 18.0 Å². The number of carbonyl (C=O) groups is 2. The molecule has 7 heteroatoms. The van der Waals surface area contributed by atoms with Crippen molar-refractivity contribution in [3.05, 3.63) is 29.3 Å². The van der Waals surface area contributed by atoms with Gasteiger partial charge in [0.1, 0.15) is 0 Å². The molecule has 6 nitrogen and oxygen atoms in total. The van der Waals surface area contributed by atoms with Crippen LogP contribution in [0.3, 0.4) is 0 Å². The standard InChI is InChI=1S/C18H24N2O4S/c1-12-4-5-16(13(2)8-12)20-10-14(9-17(20)21)18(22)19(3)15-6-7-25(23,24)11-15/h4-5,8,14-15H,6-7,9-11H2,1-3H3. The van der Waals surface area contributed by atoms with Gasteiger partial charge in [0.15, 0.2) is 9.84 Å². The van der Waals surface area contributed by atoms with Crippen molar-refractivity contribution in [2.75, 3.05) is 30.0 Å². The first kappa shape index (κ1) is 17.9. The fraction of sp³-hybridized carbons (Fsp3) is 0.556. The Labute approximate surface area is 148 Å². The van der Waals surface area contributed by atoms with E-state index in [4.69, 9.17) is 0 Å². The zero-order valence-corrected chi connectivity index (χ0v) is 15.7. The highest BCUT2D eigenvalue weighted by molar-refractivity contribution is 7.91. The minimum absolute atomic E-state index is 0.0245. The van der Waals surface area contributed by atoms with Gasteiger partial charge in [0.2, 0.25) is 11.8 Å². The van der Waals surface area contributed by atoms with Crippen LogP contribution in [0.5, 0.6) is 0 Å². The third-order valence-electron chi connectivity index (χ3n) is 5.22. The first-order valence-electron chi connectivity index (χ1n) is 8.52. The lowest BCUT2D eigenvalue weighted by molar-refractivity contribution is -0.136. The Morgan fingerprint density at radius 3 is 2.60 bits per heavy atom. The molecule has 2 saturated heterocycles. The number of rotatable bonds is 3. The maximum atomic E-state index is 12.8. The number of hydrogen-bond acceptors (Lipinski definition) is 4. The number of hydrogen-bond donors (Lipinski definition) is 0. The molecule has 25 heavy (non-hydrogen) atoms. The molecule has 2 aliphatic rings. The molecule has 1 aromatic carbocycles. The van der Waals surface area contributed by atoms with Gasteiger partial charge in [-0.25, -0.2) is 8.42 Å². The van der Waals surface area contributed by atoms with Crippen molar-refractivity contribution in [2.45, 2.75) is 32.7 Å². The fourth-order valence-electron chi connectivity index (χ4n) is 3.76. The van der Waals surface area contributed by atoms with Crippen LogP contribution in [0, 0.1) is 19.8 Å². The first-order valence-corrected chi connectivity index (χ1v) is 10.3. The highest BCUT2D eigenvalue weighted by Gasteiger charge is 2.40. The van der Waals surface area contributed by atoms with Gasteiger partial charge in [-0.3, -0.25) is 9.59 Å². The lowest BCUT2D eigenvalue weighted by Crippen LogP contribution is -2.42. The van der Waals surface area contributed by atoms with Gasteiger partial charge in [-0.1, -0.05) is 17.7 Å². The van der Waals surface area contributed by atoms with E-state index in [1.165, 1.54) is 4.90 Å². The van der Waals surface area contributed by atoms with E-state index in [1.54, 1.807) is 11.9 Å². The maximum absolute atomic E-state index is 12.8. The molecule has 0 saturated carbocycles. The predicted octanol–water partition coefficient (Wildman–Crippen LogP) is 1.30. The molecule has 2 fully saturated rings. The van der Waals surface area contributed by atoms with Crippen molar-refractivity contribution in [1.29, 1.82) is 0 Å². The Bertz CT molecular complexity index is 818. The van der Waals surface area contributed by atoms with Gasteiger partial charge in [-0.2, -0.15) is 0 Å². The van der Waals surface area contributed by atoms with Crippen LogP contribution >= 0.6 is 0 Å². The highest BCUT2D eigenvalue weighted by atomic mass is 32.2. The van der Waals surface area contributed by atoms with Gasteiger partial charge in [0, 0.05) is 31.7 Å². The molecule has 0 spiro atoms. The lowest BCUT2D eigenvalue weighted by Gasteiger charge is -2.26. The SMILES string of the molecule is Cc1ccc(N2CC(C(=O)N(C)C3CCS(=O)(=O)C3)CC2=O)c(C)c1. The van der Waals surface area contributed by atoms with Crippen LogP contribution in [-0.2, 0) is 19.4 Å². The number of carbonyl (C=O) groups excluding carboxylic acids is 2. The number of benzene rings is 1. The molecule has 2 amide bonds. The van der Waals surface area contributed by atoms with Crippen LogP contribution in [0.2, 0.25) is 0 Å². The Morgan fingerprint density at radius 1 is 1.28 bits per heavy atom. The Balaban J connectivity index is 1.72. The van der Waals surface area contributed by atoms with E-state index in [9.17, 15) is 18.0 Å². The van der Waals surface area contributed by atoms with Crippen LogP contribution in [-0.4, -0.2) is 56.3 Å². The summed E-state index contributed by atoms with van der Waals surface area (Å²) in [7, 11) is -1.39. The second-order valence-corrected chi connectivity index (χ2v) is 9.43. The molecule has 136 valence electrons. The number of amides is 2. The summed E-state index contributed by atoms with van der Waals surface area (Å²) in [6.07, 6.45) is 0.655. The van der Waals surface area contributed by atoms with E-state index >= 15 is 0 Å². The molecule has 2 atom stereocenters. The summed E-state index contributed by atoms with van der Waals surface area (Å²) in [4.78, 5) is 28.4. The molecule has 2 unspecified atom stereocenters. The van der Waals surface area contributed by atoms with E-state index in [1.807, 2.05) is 32.0 Å². The molecule has 2 aliphatic heterocycles. The monoisotopic (exact) mass is 364 g/mol. The number of aryl methyl sites for hydroxylation is 2. The topological polar surface area (TPSA) is 74.8 Å². The quantitative estimate of drug-likeness (QED) is 0.810. The summed E-state index contributed by atoms with van der Waals surface area (Å²) in [5.74, 6) is -0.452. The third-order valence-corrected chi connectivity index (χ3v) is 6.97. The second kappa shape index (κ2) is 6.44. The minimum Gasteiger partial charge on any atom is -0.341 e. The van der Waals surface area contributed by atoms with Gasteiger partial charge >= 0.3 is 0 Å². The van der Waals surface area contributed by atoms with Crippen molar-refractivity contribution in [3.63, 3.8) is 0 Å². The molecule has 2 heterocycles. The summed E-state index contributed by atoms with van der Waals surface area (Å²) >= 11 is 0. The summed E-state index contributed by atoms with van der Waals surface area (Å²) in [5.41, 5.74) is 2.98. The molecule has 0 aliphatic carbocycles. The fourth-order valence-corrected chi connectivity index (χ4v) is 5.54. The van der Waals surface area contributed by atoms with Crippen molar-refractivity contribution in [2.24, 2.45) is 5.92 Å². The normalized spacial score (nSPS) is 25.4. The van der Waals surface area contributed by atoms with Gasteiger partial charge in [-0.15, -0.1) is 0 Å². The molecule has 3 rings (SSSR count). The van der Waals surface area contributed by atoms with Crippen molar-refractivity contribution in [1.82, 2.24) is 4.90 Å². The van der Waals surface area contributed by atoms with E-state index < -0.39 is 15.8 Å². The van der Waals surface area contributed by atoms with Gasteiger partial charge in [-0.05, 0) is 31.9 Å². The van der Waals surface area contributed by atoms with Crippen LogP contribution in [0.15, 0.2) is 18.2 Å². The lowest BCUT2D eigenvalue weighted by atomic mass is 10.1. The average molecular weight is 364 g/mol. The largest absolute Gasteiger partial charge is 0.341 e. The van der Waals surface area contributed by atoms with E-state index in [2.05, 4.69) is 0 Å². The Morgan fingerprint density at radius 2 is 2.00 bits per heavy atom. The number of nitrogens with zero attached hydrogens (tertiary/aromatic N) is 2. The summed E-state index contributed by atoms with van der Waals surface area (Å²) < 4.78 is 23.3. The van der Waals surface area contributed by atoms with Crippen LogP contribution in [0.4, 0.5) is 5.69 Å². The van der Waals surface area contributed by atoms with Crippen molar-refractivity contribution in [3.8, 4) is 0 Å². The summed E-state index contributed by atoms with van der Waals surface area (Å²) in [5, 5.41) is 0. The van der Waals surface area contributed by atoms with Gasteiger partial charge in [0.05, 0.1) is 17.4 Å². The van der Waals surface area contributed by atoms with E-state index in [0.717, 1.165) is 16.8 Å². The van der Waals surface area contributed by atoms with Crippen LogP contribution < -0.4 is 4.90 Å². The molecule has 0 bridgehead atoms. The highest BCUT2D eigenvalue weighted by Crippen LogP contribution is 2.30. The van der Waals surface area contributed by atoms with E-state index in [-0.39, 0.29) is 35.8 Å². The summed E-state index contributed by atoms with van der Waals surface area (Å²) in [6.45, 7) is 4.31. The second-order valence-electron chi connectivity index (χ2n) is 7.20. The van der Waals surface area contributed by atoms with Crippen LogP contribution in [0.1, 0.15) is 24.0 Å². The van der Waals surface area contributed by atoms with E-state index in [0.29, 0.717) is 13.0 Å². The van der Waals surface area contributed by atoms with Crippen molar-refractivity contribution >= 4 is 27.3 Å². The van der Waals surface area contributed by atoms with Gasteiger partial charge in [0.25, 0.3) is 0 Å². The molecule has 0 aromatic heterocycles.